The maximum absolute atomic E-state index is 13.6. The van der Waals surface area contributed by atoms with Gasteiger partial charge in [-0.05, 0) is 56.0 Å². The summed E-state index contributed by atoms with van der Waals surface area (Å²) in [5, 5.41) is 3.00. The fourth-order valence-electron chi connectivity index (χ4n) is 4.52. The Morgan fingerprint density at radius 1 is 1.05 bits per heavy atom. The van der Waals surface area contributed by atoms with Crippen molar-refractivity contribution in [1.82, 2.24) is 10.2 Å². The van der Waals surface area contributed by atoms with Crippen LogP contribution in [-0.4, -0.2) is 70.3 Å². The van der Waals surface area contributed by atoms with E-state index in [0.29, 0.717) is 42.6 Å². The van der Waals surface area contributed by atoms with Crippen LogP contribution in [0.1, 0.15) is 52.0 Å². The van der Waals surface area contributed by atoms with E-state index in [1.54, 1.807) is 30.2 Å². The highest BCUT2D eigenvalue weighted by Gasteiger charge is 2.29. The van der Waals surface area contributed by atoms with Gasteiger partial charge in [-0.25, -0.2) is 8.42 Å². The highest BCUT2D eigenvalue weighted by molar-refractivity contribution is 7.92. The van der Waals surface area contributed by atoms with Crippen molar-refractivity contribution in [1.29, 1.82) is 0 Å². The predicted octanol–water partition coefficient (Wildman–Crippen LogP) is 3.73. The van der Waals surface area contributed by atoms with Crippen molar-refractivity contribution in [3.05, 3.63) is 48.0 Å². The third-order valence-corrected chi connectivity index (χ3v) is 8.03. The molecule has 3 rings (SSSR count). The Hall–Kier alpha value is -3.47. The zero-order valence-corrected chi connectivity index (χ0v) is 24.8. The molecule has 2 aromatic rings. The van der Waals surface area contributed by atoms with Crippen molar-refractivity contribution >= 4 is 27.5 Å². The molecule has 220 valence electrons. The van der Waals surface area contributed by atoms with Gasteiger partial charge in [0.15, 0.2) is 11.5 Å². The van der Waals surface area contributed by atoms with Gasteiger partial charge >= 0.3 is 0 Å². The van der Waals surface area contributed by atoms with Crippen LogP contribution in [0.15, 0.2) is 42.5 Å². The molecule has 0 saturated carbocycles. The second kappa shape index (κ2) is 14.2. The van der Waals surface area contributed by atoms with E-state index in [1.165, 1.54) is 4.31 Å². The summed E-state index contributed by atoms with van der Waals surface area (Å²) in [7, 11) is -2.06. The number of carbonyl (C=O) groups is 2. The summed E-state index contributed by atoms with van der Waals surface area (Å²) in [6.07, 6.45) is 2.66. The summed E-state index contributed by atoms with van der Waals surface area (Å²) in [4.78, 5) is 28.4. The largest absolute Gasteiger partial charge is 0.497 e. The molecule has 0 spiro atoms. The molecule has 40 heavy (non-hydrogen) atoms. The topological polar surface area (TPSA) is 114 Å². The normalized spacial score (nSPS) is 14.1. The second-order valence-corrected chi connectivity index (χ2v) is 11.8. The van der Waals surface area contributed by atoms with Gasteiger partial charge in [0, 0.05) is 31.6 Å². The summed E-state index contributed by atoms with van der Waals surface area (Å²) in [5.74, 6) is 1.26. The molecule has 0 bridgehead atoms. The minimum atomic E-state index is -3.64. The third-order valence-electron chi connectivity index (χ3n) is 6.84. The number of methoxy groups -OCH3 is 1. The number of anilines is 1. The van der Waals surface area contributed by atoms with Crippen molar-refractivity contribution < 1.29 is 32.2 Å². The van der Waals surface area contributed by atoms with Crippen molar-refractivity contribution in [2.45, 2.75) is 65.1 Å². The lowest BCUT2D eigenvalue weighted by molar-refractivity contribution is -0.141. The number of benzene rings is 2. The molecule has 1 aliphatic heterocycles. The second-order valence-electron chi connectivity index (χ2n) is 9.88. The molecule has 11 heteroatoms. The number of hydrogen-bond donors (Lipinski definition) is 1. The van der Waals surface area contributed by atoms with Crippen LogP contribution in [0.4, 0.5) is 5.69 Å². The molecule has 1 heterocycles. The summed E-state index contributed by atoms with van der Waals surface area (Å²) in [5.41, 5.74) is 1.27. The van der Waals surface area contributed by atoms with Gasteiger partial charge in [-0.1, -0.05) is 26.0 Å². The number of rotatable bonds is 14. The van der Waals surface area contributed by atoms with Gasteiger partial charge in [-0.3, -0.25) is 13.9 Å². The lowest BCUT2D eigenvalue weighted by atomic mass is 10.1. The van der Waals surface area contributed by atoms with Crippen LogP contribution in [-0.2, 0) is 26.2 Å². The molecule has 1 aliphatic rings. The fourth-order valence-corrected chi connectivity index (χ4v) is 5.48. The number of carbonyl (C=O) groups excluding carboxylic acids is 2. The highest BCUT2D eigenvalue weighted by atomic mass is 32.2. The molecule has 0 unspecified atom stereocenters. The Morgan fingerprint density at radius 2 is 1.77 bits per heavy atom. The predicted molar refractivity (Wildman–Crippen MR) is 154 cm³/mol. The highest BCUT2D eigenvalue weighted by Crippen LogP contribution is 2.34. The lowest BCUT2D eigenvalue weighted by Crippen LogP contribution is -2.50. The fraction of sp³-hybridized carbons (Fsp3) is 0.517. The Balaban J connectivity index is 1.79. The van der Waals surface area contributed by atoms with Gasteiger partial charge in [0.05, 0.1) is 19.1 Å². The van der Waals surface area contributed by atoms with Gasteiger partial charge < -0.3 is 24.4 Å². The molecule has 2 atom stereocenters. The molecule has 0 radical (unpaired) electrons. The van der Waals surface area contributed by atoms with Crippen LogP contribution in [0.5, 0.6) is 17.2 Å². The van der Waals surface area contributed by atoms with Gasteiger partial charge in [-0.15, -0.1) is 0 Å². The zero-order chi connectivity index (χ0) is 29.3. The number of amides is 2. The molecular formula is C29H41N3O7S. The van der Waals surface area contributed by atoms with Crippen molar-refractivity contribution in [2.75, 3.05) is 37.4 Å². The monoisotopic (exact) mass is 575 g/mol. The molecule has 10 nitrogen and oxygen atoms in total. The third kappa shape index (κ3) is 8.27. The first-order chi connectivity index (χ1) is 19.1. The first-order valence-electron chi connectivity index (χ1n) is 13.7. The first-order valence-corrected chi connectivity index (χ1v) is 15.5. The summed E-state index contributed by atoms with van der Waals surface area (Å²) < 4.78 is 43.1. The zero-order valence-electron chi connectivity index (χ0n) is 24.0. The van der Waals surface area contributed by atoms with Gasteiger partial charge in [0.1, 0.15) is 25.0 Å². The van der Waals surface area contributed by atoms with E-state index in [2.05, 4.69) is 5.32 Å². The van der Waals surface area contributed by atoms with Crippen LogP contribution in [0.3, 0.4) is 0 Å². The number of nitrogens with one attached hydrogen (secondary N) is 1. The smallest absolute Gasteiger partial charge is 0.243 e. The number of hydrogen-bond acceptors (Lipinski definition) is 7. The Bertz CT molecular complexity index is 1270. The number of ether oxygens (including phenoxy) is 3. The molecule has 2 amide bonds. The Labute approximate surface area is 237 Å². The molecule has 0 fully saturated rings. The van der Waals surface area contributed by atoms with E-state index in [0.717, 1.165) is 18.2 Å². The van der Waals surface area contributed by atoms with E-state index < -0.39 is 16.1 Å². The quantitative estimate of drug-likeness (QED) is 0.365. The van der Waals surface area contributed by atoms with Crippen molar-refractivity contribution in [3.63, 3.8) is 0 Å². The molecular weight excluding hydrogens is 534 g/mol. The molecule has 0 aliphatic carbocycles. The van der Waals surface area contributed by atoms with Gasteiger partial charge in [-0.2, -0.15) is 0 Å². The average molecular weight is 576 g/mol. The molecule has 0 aromatic heterocycles. The van der Waals surface area contributed by atoms with Crippen LogP contribution >= 0.6 is 0 Å². The van der Waals surface area contributed by atoms with Crippen molar-refractivity contribution in [3.8, 4) is 17.2 Å². The standard InChI is InChI=1S/C29H41N3O7S/c1-6-21(3)30-29(34)25(7-2)31(20-22-10-8-11-24(18-22)37-4)28(33)12-9-15-32(40(5,35)36)23-13-14-26-27(19-23)39-17-16-38-26/h8,10-11,13-14,18-19,21,25H,6-7,9,12,15-17,20H2,1-5H3,(H,30,34)/t21-,25-/m0/s1. The Kier molecular flexibility index (Phi) is 11.1. The Morgan fingerprint density at radius 3 is 2.42 bits per heavy atom. The number of nitrogens with zero attached hydrogens (tertiary/aromatic N) is 2. The minimum absolute atomic E-state index is 0.0235. The van der Waals surface area contributed by atoms with E-state index >= 15 is 0 Å². The minimum Gasteiger partial charge on any atom is -0.497 e. The molecule has 2 aromatic carbocycles. The van der Waals surface area contributed by atoms with E-state index in [1.807, 2.05) is 45.0 Å². The maximum atomic E-state index is 13.6. The maximum Gasteiger partial charge on any atom is 0.243 e. The summed E-state index contributed by atoms with van der Waals surface area (Å²) in [6, 6.07) is 11.7. The number of sulfonamides is 1. The molecule has 0 saturated heterocycles. The van der Waals surface area contributed by atoms with Gasteiger partial charge in [0.25, 0.3) is 0 Å². The van der Waals surface area contributed by atoms with E-state index in [9.17, 15) is 18.0 Å². The summed E-state index contributed by atoms with van der Waals surface area (Å²) >= 11 is 0. The lowest BCUT2D eigenvalue weighted by Gasteiger charge is -2.32. The first kappa shape index (κ1) is 31.1. The SMILES string of the molecule is CC[C@H](C)NC(=O)[C@H](CC)N(Cc1cccc(OC)c1)C(=O)CCCN(c1ccc2c(c1)OCCO2)S(C)(=O)=O. The van der Waals surface area contributed by atoms with Crippen LogP contribution < -0.4 is 23.8 Å². The average Bonchev–Trinajstić information content (AvgIpc) is 2.94. The van der Waals surface area contributed by atoms with Crippen LogP contribution in [0.2, 0.25) is 0 Å². The van der Waals surface area contributed by atoms with Gasteiger partial charge in [0.2, 0.25) is 21.8 Å². The van der Waals surface area contributed by atoms with Crippen molar-refractivity contribution in [2.24, 2.45) is 0 Å². The molecule has 1 N–H and O–H groups in total. The summed E-state index contributed by atoms with van der Waals surface area (Å²) in [6.45, 7) is 6.92. The van der Waals surface area contributed by atoms with E-state index in [4.69, 9.17) is 14.2 Å². The number of fused-ring (bicyclic) bond motifs is 1. The van der Waals surface area contributed by atoms with Crippen LogP contribution in [0.25, 0.3) is 0 Å². The van der Waals surface area contributed by atoms with E-state index in [-0.39, 0.29) is 43.8 Å². The van der Waals surface area contributed by atoms with Crippen LogP contribution in [0, 0.1) is 0 Å².